The lowest BCUT2D eigenvalue weighted by Gasteiger charge is -2.23. The van der Waals surface area contributed by atoms with Crippen LogP contribution in [0.2, 0.25) is 0 Å². The molecule has 0 saturated carbocycles. The molecule has 0 radical (unpaired) electrons. The molecular weight excluding hydrogens is 260 g/mol. The van der Waals surface area contributed by atoms with E-state index in [1.54, 1.807) is 0 Å². The molecule has 3 heteroatoms. The summed E-state index contributed by atoms with van der Waals surface area (Å²) in [5.41, 5.74) is 2.65. The molecule has 4 rings (SSSR count). The first kappa shape index (κ1) is 12.6. The fraction of sp³-hybridized carbons (Fsp3) is 0.278. The van der Waals surface area contributed by atoms with E-state index >= 15 is 0 Å². The lowest BCUT2D eigenvalue weighted by atomic mass is 9.93. The van der Waals surface area contributed by atoms with Gasteiger partial charge in [0.2, 0.25) is 0 Å². The molecule has 3 nitrogen and oxygen atoms in total. The van der Waals surface area contributed by atoms with Crippen LogP contribution < -0.4 is 5.32 Å². The van der Waals surface area contributed by atoms with Crippen molar-refractivity contribution in [2.45, 2.75) is 31.8 Å². The largest absolute Gasteiger partial charge is 0.469 e. The van der Waals surface area contributed by atoms with Crippen LogP contribution in [0.5, 0.6) is 0 Å². The first-order chi connectivity index (χ1) is 10.4. The zero-order valence-electron chi connectivity index (χ0n) is 11.9. The number of hydrogen-bond donors (Lipinski definition) is 1. The molecule has 3 aromatic rings. The van der Waals surface area contributed by atoms with Gasteiger partial charge in [0.05, 0.1) is 6.26 Å². The molecule has 0 aliphatic heterocycles. The molecule has 106 valence electrons. The molecule has 0 saturated heterocycles. The molecule has 0 fully saturated rings. The Morgan fingerprint density at radius 1 is 1.19 bits per heavy atom. The van der Waals surface area contributed by atoms with Crippen LogP contribution in [0.1, 0.15) is 35.8 Å². The molecular formula is C18H18N2O. The molecule has 1 unspecified atom stereocenters. The molecule has 2 heterocycles. The van der Waals surface area contributed by atoms with Crippen LogP contribution >= 0.6 is 0 Å². The van der Waals surface area contributed by atoms with Gasteiger partial charge in [0.1, 0.15) is 5.76 Å². The number of nitrogens with zero attached hydrogens (tertiary/aromatic N) is 1. The number of hydrogen-bond acceptors (Lipinski definition) is 3. The van der Waals surface area contributed by atoms with Crippen molar-refractivity contribution in [2.75, 3.05) is 0 Å². The third-order valence-corrected chi connectivity index (χ3v) is 4.31. The molecule has 0 bridgehead atoms. The Balaban J connectivity index is 1.51. The van der Waals surface area contributed by atoms with Gasteiger partial charge in [-0.3, -0.25) is 4.98 Å². The van der Waals surface area contributed by atoms with Gasteiger partial charge >= 0.3 is 0 Å². The van der Waals surface area contributed by atoms with E-state index in [2.05, 4.69) is 40.6 Å². The zero-order valence-corrected chi connectivity index (χ0v) is 11.9. The van der Waals surface area contributed by atoms with Crippen molar-refractivity contribution in [2.24, 2.45) is 0 Å². The lowest BCUT2D eigenvalue weighted by molar-refractivity contribution is 0.411. The van der Waals surface area contributed by atoms with Crippen LogP contribution in [-0.2, 0) is 13.0 Å². The van der Waals surface area contributed by atoms with Gasteiger partial charge in [-0.15, -0.1) is 0 Å². The topological polar surface area (TPSA) is 38.1 Å². The molecule has 1 aromatic carbocycles. The zero-order chi connectivity index (χ0) is 14.1. The Bertz CT molecular complexity index is 763. The first-order valence-corrected chi connectivity index (χ1v) is 7.52. The summed E-state index contributed by atoms with van der Waals surface area (Å²) in [6, 6.07) is 11.1. The van der Waals surface area contributed by atoms with Crippen molar-refractivity contribution >= 4 is 10.8 Å². The van der Waals surface area contributed by atoms with Crippen LogP contribution in [-0.4, -0.2) is 4.98 Å². The number of pyridine rings is 1. The fourth-order valence-corrected chi connectivity index (χ4v) is 3.18. The minimum Gasteiger partial charge on any atom is -0.469 e. The van der Waals surface area contributed by atoms with Crippen LogP contribution in [0, 0.1) is 0 Å². The molecule has 21 heavy (non-hydrogen) atoms. The monoisotopic (exact) mass is 278 g/mol. The molecule has 1 aliphatic rings. The van der Waals surface area contributed by atoms with Crippen molar-refractivity contribution < 1.29 is 4.42 Å². The molecule has 1 atom stereocenters. The number of furan rings is 1. The van der Waals surface area contributed by atoms with Gasteiger partial charge in [0, 0.05) is 42.4 Å². The second kappa shape index (κ2) is 5.34. The highest BCUT2D eigenvalue weighted by Gasteiger charge is 2.21. The standard InChI is InChI=1S/C18H18N2O/c1-2-17(16-7-9-21-18(16)3-1)20-11-13-4-5-15-12-19-8-6-14(15)10-13/h4-10,12,17,20H,1-3,11H2. The highest BCUT2D eigenvalue weighted by atomic mass is 16.3. The number of rotatable bonds is 3. The van der Waals surface area contributed by atoms with Crippen molar-refractivity contribution in [3.05, 3.63) is 65.9 Å². The second-order valence-corrected chi connectivity index (χ2v) is 5.68. The summed E-state index contributed by atoms with van der Waals surface area (Å²) in [5.74, 6) is 1.16. The Morgan fingerprint density at radius 3 is 3.19 bits per heavy atom. The maximum absolute atomic E-state index is 5.55. The molecule has 1 N–H and O–H groups in total. The van der Waals surface area contributed by atoms with Crippen molar-refractivity contribution in [3.8, 4) is 0 Å². The predicted molar refractivity (Wildman–Crippen MR) is 83.0 cm³/mol. The van der Waals surface area contributed by atoms with Gasteiger partial charge in [0.15, 0.2) is 0 Å². The van der Waals surface area contributed by atoms with Gasteiger partial charge < -0.3 is 9.73 Å². The average molecular weight is 278 g/mol. The summed E-state index contributed by atoms with van der Waals surface area (Å²) in [6.07, 6.45) is 9.02. The molecule has 0 amide bonds. The number of aryl methyl sites for hydroxylation is 1. The van der Waals surface area contributed by atoms with E-state index in [9.17, 15) is 0 Å². The van der Waals surface area contributed by atoms with Gasteiger partial charge in [-0.1, -0.05) is 12.1 Å². The van der Waals surface area contributed by atoms with E-state index in [1.165, 1.54) is 34.7 Å². The SMILES string of the molecule is c1cc2cc(CNC3CCCc4occc43)ccc2cn1. The number of fused-ring (bicyclic) bond motifs is 2. The number of benzene rings is 1. The van der Waals surface area contributed by atoms with Crippen molar-refractivity contribution in [3.63, 3.8) is 0 Å². The van der Waals surface area contributed by atoms with Crippen LogP contribution in [0.4, 0.5) is 0 Å². The molecule has 1 aliphatic carbocycles. The molecule has 0 spiro atoms. The lowest BCUT2D eigenvalue weighted by Crippen LogP contribution is -2.23. The van der Waals surface area contributed by atoms with Gasteiger partial charge in [0.25, 0.3) is 0 Å². The third kappa shape index (κ3) is 2.45. The molecule has 2 aromatic heterocycles. The predicted octanol–water partition coefficient (Wildman–Crippen LogP) is 4.00. The maximum Gasteiger partial charge on any atom is 0.108 e. The minimum absolute atomic E-state index is 0.417. The summed E-state index contributed by atoms with van der Waals surface area (Å²) in [7, 11) is 0. The van der Waals surface area contributed by atoms with Crippen LogP contribution in [0.15, 0.2) is 53.4 Å². The second-order valence-electron chi connectivity index (χ2n) is 5.68. The van der Waals surface area contributed by atoms with Crippen LogP contribution in [0.25, 0.3) is 10.8 Å². The Hall–Kier alpha value is -2.13. The summed E-state index contributed by atoms with van der Waals surface area (Å²) >= 11 is 0. The van der Waals surface area contributed by atoms with E-state index in [0.29, 0.717) is 6.04 Å². The maximum atomic E-state index is 5.55. The van der Waals surface area contributed by atoms with Gasteiger partial charge in [-0.25, -0.2) is 0 Å². The number of nitrogens with one attached hydrogen (secondary N) is 1. The van der Waals surface area contributed by atoms with E-state index in [1.807, 2.05) is 18.7 Å². The summed E-state index contributed by atoms with van der Waals surface area (Å²) in [4.78, 5) is 4.16. The van der Waals surface area contributed by atoms with Gasteiger partial charge in [-0.05, 0) is 42.0 Å². The highest BCUT2D eigenvalue weighted by molar-refractivity contribution is 5.81. The van der Waals surface area contributed by atoms with Crippen LogP contribution in [0.3, 0.4) is 0 Å². The quantitative estimate of drug-likeness (QED) is 0.787. The highest BCUT2D eigenvalue weighted by Crippen LogP contribution is 2.30. The van der Waals surface area contributed by atoms with E-state index in [0.717, 1.165) is 18.7 Å². The fourth-order valence-electron chi connectivity index (χ4n) is 3.18. The van der Waals surface area contributed by atoms with Gasteiger partial charge in [-0.2, -0.15) is 0 Å². The Kier molecular flexibility index (Phi) is 3.20. The van der Waals surface area contributed by atoms with E-state index in [4.69, 9.17) is 4.42 Å². The van der Waals surface area contributed by atoms with Crippen molar-refractivity contribution in [1.29, 1.82) is 0 Å². The first-order valence-electron chi connectivity index (χ1n) is 7.52. The Labute approximate surface area is 124 Å². The van der Waals surface area contributed by atoms with E-state index < -0.39 is 0 Å². The Morgan fingerprint density at radius 2 is 2.19 bits per heavy atom. The summed E-state index contributed by atoms with van der Waals surface area (Å²) in [6.45, 7) is 0.882. The summed E-state index contributed by atoms with van der Waals surface area (Å²) in [5, 5.41) is 6.11. The minimum atomic E-state index is 0.417. The normalized spacial score (nSPS) is 17.8. The van der Waals surface area contributed by atoms with E-state index in [-0.39, 0.29) is 0 Å². The third-order valence-electron chi connectivity index (χ3n) is 4.31. The van der Waals surface area contributed by atoms with Crippen molar-refractivity contribution in [1.82, 2.24) is 10.3 Å². The average Bonchev–Trinajstić information content (AvgIpc) is 3.02. The summed E-state index contributed by atoms with van der Waals surface area (Å²) < 4.78 is 5.55. The number of aromatic nitrogens is 1. The smallest absolute Gasteiger partial charge is 0.108 e.